The van der Waals surface area contributed by atoms with Crippen molar-refractivity contribution >= 4 is 11.8 Å². The van der Waals surface area contributed by atoms with Gasteiger partial charge in [-0.05, 0) is 36.6 Å². The molecule has 1 fully saturated rings. The molecule has 2 atom stereocenters. The second-order valence-corrected chi connectivity index (χ2v) is 6.37. The Labute approximate surface area is 146 Å². The van der Waals surface area contributed by atoms with E-state index in [-0.39, 0.29) is 17.6 Å². The first kappa shape index (κ1) is 17.1. The zero-order chi connectivity index (χ0) is 17.8. The molecule has 1 aliphatic heterocycles. The number of nitrogens with one attached hydrogen (secondary N) is 1. The summed E-state index contributed by atoms with van der Waals surface area (Å²) in [5, 5.41) is 2.81. The molecule has 1 N–H and O–H groups in total. The van der Waals surface area contributed by atoms with Crippen LogP contribution in [0.15, 0.2) is 54.6 Å². The van der Waals surface area contributed by atoms with E-state index in [9.17, 15) is 14.0 Å². The Hall–Kier alpha value is -2.69. The SMILES string of the molecule is CC(C(=O)NC1CCN(Cc2ccccc2)C1=O)c1cccc(F)c1. The summed E-state index contributed by atoms with van der Waals surface area (Å²) in [7, 11) is 0. The number of halogens is 1. The van der Waals surface area contributed by atoms with Gasteiger partial charge < -0.3 is 10.2 Å². The maximum absolute atomic E-state index is 13.3. The van der Waals surface area contributed by atoms with Gasteiger partial charge in [-0.1, -0.05) is 42.5 Å². The number of likely N-dealkylation sites (tertiary alicyclic amines) is 1. The number of nitrogens with zero attached hydrogens (tertiary/aromatic N) is 1. The fraction of sp³-hybridized carbons (Fsp3) is 0.300. The number of benzene rings is 2. The van der Waals surface area contributed by atoms with E-state index < -0.39 is 12.0 Å². The Kier molecular flexibility index (Phi) is 5.12. The van der Waals surface area contributed by atoms with Gasteiger partial charge in [0.15, 0.2) is 0 Å². The maximum atomic E-state index is 13.3. The van der Waals surface area contributed by atoms with Crippen LogP contribution in [0.2, 0.25) is 0 Å². The molecule has 4 nitrogen and oxygen atoms in total. The standard InChI is InChI=1S/C20H21FN2O2/c1-14(16-8-5-9-17(21)12-16)19(24)22-18-10-11-23(20(18)25)13-15-6-3-2-4-7-15/h2-9,12,14,18H,10-11,13H2,1H3,(H,22,24). The molecule has 1 aliphatic rings. The second-order valence-electron chi connectivity index (χ2n) is 6.37. The molecular formula is C20H21FN2O2. The van der Waals surface area contributed by atoms with Gasteiger partial charge in [0.1, 0.15) is 11.9 Å². The lowest BCUT2D eigenvalue weighted by Crippen LogP contribution is -2.42. The van der Waals surface area contributed by atoms with Crippen LogP contribution < -0.4 is 5.32 Å². The number of carbonyl (C=O) groups is 2. The quantitative estimate of drug-likeness (QED) is 0.910. The summed E-state index contributed by atoms with van der Waals surface area (Å²) in [4.78, 5) is 26.7. The van der Waals surface area contributed by atoms with E-state index >= 15 is 0 Å². The molecule has 1 heterocycles. The van der Waals surface area contributed by atoms with Crippen molar-refractivity contribution < 1.29 is 14.0 Å². The van der Waals surface area contributed by atoms with Gasteiger partial charge in [-0.25, -0.2) is 4.39 Å². The predicted molar refractivity (Wildman–Crippen MR) is 93.2 cm³/mol. The molecule has 2 unspecified atom stereocenters. The largest absolute Gasteiger partial charge is 0.344 e. The number of rotatable bonds is 5. The highest BCUT2D eigenvalue weighted by Gasteiger charge is 2.33. The summed E-state index contributed by atoms with van der Waals surface area (Å²) in [6, 6.07) is 15.3. The first-order valence-corrected chi connectivity index (χ1v) is 8.43. The van der Waals surface area contributed by atoms with Gasteiger partial charge >= 0.3 is 0 Å². The highest BCUT2D eigenvalue weighted by molar-refractivity contribution is 5.91. The minimum Gasteiger partial charge on any atom is -0.344 e. The van der Waals surface area contributed by atoms with Gasteiger partial charge in [-0.3, -0.25) is 9.59 Å². The zero-order valence-corrected chi connectivity index (χ0v) is 14.1. The fourth-order valence-electron chi connectivity index (χ4n) is 3.06. The average Bonchev–Trinajstić information content (AvgIpc) is 2.95. The van der Waals surface area contributed by atoms with Gasteiger partial charge in [0.25, 0.3) is 0 Å². The molecule has 2 aromatic rings. The van der Waals surface area contributed by atoms with Crippen LogP contribution in [0.4, 0.5) is 4.39 Å². The molecule has 5 heteroatoms. The van der Waals surface area contributed by atoms with Crippen LogP contribution in [0.1, 0.15) is 30.4 Å². The third-order valence-electron chi connectivity index (χ3n) is 4.57. The van der Waals surface area contributed by atoms with Crippen molar-refractivity contribution in [3.63, 3.8) is 0 Å². The first-order valence-electron chi connectivity index (χ1n) is 8.43. The Morgan fingerprint density at radius 3 is 2.72 bits per heavy atom. The fourth-order valence-corrected chi connectivity index (χ4v) is 3.06. The molecule has 0 radical (unpaired) electrons. The van der Waals surface area contributed by atoms with Crippen molar-refractivity contribution in [3.05, 3.63) is 71.5 Å². The van der Waals surface area contributed by atoms with Crippen molar-refractivity contribution in [3.8, 4) is 0 Å². The van der Waals surface area contributed by atoms with E-state index in [1.807, 2.05) is 30.3 Å². The van der Waals surface area contributed by atoms with Crippen LogP contribution in [-0.2, 0) is 16.1 Å². The highest BCUT2D eigenvalue weighted by atomic mass is 19.1. The third-order valence-corrected chi connectivity index (χ3v) is 4.57. The lowest BCUT2D eigenvalue weighted by molar-refractivity contribution is -0.133. The molecule has 2 amide bonds. The maximum Gasteiger partial charge on any atom is 0.245 e. The Bertz CT molecular complexity index is 763. The van der Waals surface area contributed by atoms with E-state index in [4.69, 9.17) is 0 Å². The molecule has 2 aromatic carbocycles. The Morgan fingerprint density at radius 1 is 1.24 bits per heavy atom. The number of amides is 2. The molecular weight excluding hydrogens is 319 g/mol. The predicted octanol–water partition coefficient (Wildman–Crippen LogP) is 2.85. The highest BCUT2D eigenvalue weighted by Crippen LogP contribution is 2.19. The molecule has 130 valence electrons. The molecule has 0 spiro atoms. The Balaban J connectivity index is 1.60. The van der Waals surface area contributed by atoms with E-state index in [0.717, 1.165) is 5.56 Å². The van der Waals surface area contributed by atoms with Crippen LogP contribution in [0, 0.1) is 5.82 Å². The minimum absolute atomic E-state index is 0.0661. The van der Waals surface area contributed by atoms with Crippen molar-refractivity contribution in [2.75, 3.05) is 6.54 Å². The lowest BCUT2D eigenvalue weighted by atomic mass is 10.00. The number of carbonyl (C=O) groups excluding carboxylic acids is 2. The molecule has 0 aromatic heterocycles. The van der Waals surface area contributed by atoms with Gasteiger partial charge in [-0.2, -0.15) is 0 Å². The van der Waals surface area contributed by atoms with Crippen LogP contribution in [0.25, 0.3) is 0 Å². The summed E-state index contributed by atoms with van der Waals surface area (Å²) in [6.45, 7) is 2.88. The van der Waals surface area contributed by atoms with Crippen LogP contribution >= 0.6 is 0 Å². The molecule has 25 heavy (non-hydrogen) atoms. The van der Waals surface area contributed by atoms with E-state index in [2.05, 4.69) is 5.32 Å². The molecule has 0 saturated carbocycles. The van der Waals surface area contributed by atoms with Crippen LogP contribution in [-0.4, -0.2) is 29.3 Å². The molecule has 0 aliphatic carbocycles. The van der Waals surface area contributed by atoms with E-state index in [1.54, 1.807) is 24.0 Å². The van der Waals surface area contributed by atoms with Crippen LogP contribution in [0.3, 0.4) is 0 Å². The number of hydrogen-bond acceptors (Lipinski definition) is 2. The monoisotopic (exact) mass is 340 g/mol. The average molecular weight is 340 g/mol. The smallest absolute Gasteiger partial charge is 0.245 e. The van der Waals surface area contributed by atoms with Gasteiger partial charge in [0.05, 0.1) is 5.92 Å². The lowest BCUT2D eigenvalue weighted by Gasteiger charge is -2.19. The van der Waals surface area contributed by atoms with Crippen molar-refractivity contribution in [2.24, 2.45) is 0 Å². The van der Waals surface area contributed by atoms with Gasteiger partial charge in [-0.15, -0.1) is 0 Å². The summed E-state index contributed by atoms with van der Waals surface area (Å²) >= 11 is 0. The topological polar surface area (TPSA) is 49.4 Å². The van der Waals surface area contributed by atoms with Crippen molar-refractivity contribution in [1.82, 2.24) is 10.2 Å². The van der Waals surface area contributed by atoms with Gasteiger partial charge in [0.2, 0.25) is 11.8 Å². The van der Waals surface area contributed by atoms with Crippen molar-refractivity contribution in [2.45, 2.75) is 31.8 Å². The summed E-state index contributed by atoms with van der Waals surface area (Å²) in [6.07, 6.45) is 0.591. The summed E-state index contributed by atoms with van der Waals surface area (Å²) in [5.74, 6) is -1.20. The summed E-state index contributed by atoms with van der Waals surface area (Å²) < 4.78 is 13.3. The molecule has 0 bridgehead atoms. The minimum atomic E-state index is -0.508. The first-order chi connectivity index (χ1) is 12.0. The molecule has 1 saturated heterocycles. The second kappa shape index (κ2) is 7.47. The summed E-state index contributed by atoms with van der Waals surface area (Å²) in [5.41, 5.74) is 1.67. The zero-order valence-electron chi connectivity index (χ0n) is 14.1. The van der Waals surface area contributed by atoms with E-state index in [1.165, 1.54) is 12.1 Å². The Morgan fingerprint density at radius 2 is 2.00 bits per heavy atom. The number of hydrogen-bond donors (Lipinski definition) is 1. The van der Waals surface area contributed by atoms with Gasteiger partial charge in [0, 0.05) is 13.1 Å². The molecule has 3 rings (SSSR count). The third kappa shape index (κ3) is 4.05. The normalized spacial score (nSPS) is 18.2. The van der Waals surface area contributed by atoms with Crippen molar-refractivity contribution in [1.29, 1.82) is 0 Å². The van der Waals surface area contributed by atoms with Crippen LogP contribution in [0.5, 0.6) is 0 Å². The van der Waals surface area contributed by atoms with E-state index in [0.29, 0.717) is 25.1 Å².